The van der Waals surface area contributed by atoms with E-state index in [0.29, 0.717) is 6.54 Å². The van der Waals surface area contributed by atoms with Crippen LogP contribution in [-0.2, 0) is 26.3 Å². The first-order valence-corrected chi connectivity index (χ1v) is 11.8. The zero-order chi connectivity index (χ0) is 27.1. The lowest BCUT2D eigenvalue weighted by atomic mass is 9.70. The van der Waals surface area contributed by atoms with Gasteiger partial charge >= 0.3 is 0 Å². The molecule has 1 heterocycles. The maximum Gasteiger partial charge on any atom is 0.222 e. The first kappa shape index (κ1) is 25.7. The number of carbonyl (C=O) groups excluding carboxylic acids is 4. The number of phenolic OH excluding ortho intramolecular Hbond substituents is 2. The van der Waals surface area contributed by atoms with Gasteiger partial charge < -0.3 is 25.6 Å². The number of aromatic hydroxyl groups is 2. The summed E-state index contributed by atoms with van der Waals surface area (Å²) in [6.07, 6.45) is 1.27. The first-order chi connectivity index (χ1) is 17.5. The fraction of sp³-hybridized carbons (Fsp3) is 0.286. The van der Waals surface area contributed by atoms with Gasteiger partial charge in [0.15, 0.2) is 17.3 Å². The minimum Gasteiger partial charge on any atom is -0.507 e. The van der Waals surface area contributed by atoms with Crippen LogP contribution in [0.25, 0.3) is 0 Å². The second-order valence-corrected chi connectivity index (χ2v) is 9.33. The second kappa shape index (κ2) is 9.57. The number of rotatable bonds is 7. The number of carbonyl (C=O) groups is 4. The Hall–Kier alpha value is -4.40. The normalized spacial score (nSPS) is 19.4. The van der Waals surface area contributed by atoms with Crippen LogP contribution >= 0.6 is 0 Å². The molecule has 0 bridgehead atoms. The highest BCUT2D eigenvalue weighted by molar-refractivity contribution is 6.31. The van der Waals surface area contributed by atoms with Gasteiger partial charge in [-0.15, -0.1) is 0 Å². The maximum absolute atomic E-state index is 13.8. The number of amides is 1. The van der Waals surface area contributed by atoms with Crippen LogP contribution in [0.2, 0.25) is 0 Å². The van der Waals surface area contributed by atoms with E-state index in [1.54, 1.807) is 6.92 Å². The molecule has 2 aromatic carbocycles. The molecule has 9 heteroatoms. The highest BCUT2D eigenvalue weighted by Gasteiger charge is 2.56. The zero-order valence-electron chi connectivity index (χ0n) is 21.0. The standard InChI is InChI=1S/C28H28N2O7/c1-14-24(34)22(16(3)31)26-23(25(14)35)28(4)19(37-26)12-18(32)21(27(28)36)15(2)29-11-10-20(33)30-13-17-8-6-5-7-9-17/h5-9,12,29,34-35H,10-11,13H2,1-4H3,(H,30,33). The van der Waals surface area contributed by atoms with Gasteiger partial charge in [0.05, 0.1) is 11.1 Å². The van der Waals surface area contributed by atoms with E-state index in [9.17, 15) is 29.4 Å². The van der Waals surface area contributed by atoms with E-state index in [4.69, 9.17) is 4.74 Å². The third kappa shape index (κ3) is 4.26. The van der Waals surface area contributed by atoms with Gasteiger partial charge in [-0.25, -0.2) is 0 Å². The Balaban J connectivity index is 1.57. The maximum atomic E-state index is 13.8. The van der Waals surface area contributed by atoms with Crippen LogP contribution in [0.3, 0.4) is 0 Å². The fourth-order valence-electron chi connectivity index (χ4n) is 4.70. The summed E-state index contributed by atoms with van der Waals surface area (Å²) < 4.78 is 5.75. The average Bonchev–Trinajstić information content (AvgIpc) is 3.14. The minimum absolute atomic E-state index is 0.0293. The van der Waals surface area contributed by atoms with Crippen LogP contribution < -0.4 is 15.4 Å². The summed E-state index contributed by atoms with van der Waals surface area (Å²) in [6, 6.07) is 9.47. The van der Waals surface area contributed by atoms with E-state index < -0.39 is 28.5 Å². The lowest BCUT2D eigenvalue weighted by molar-refractivity contribution is -0.124. The molecule has 1 unspecified atom stereocenters. The van der Waals surface area contributed by atoms with Gasteiger partial charge in [-0.05, 0) is 33.3 Å². The molecule has 1 atom stereocenters. The number of Topliss-reactive ketones (excluding diaryl/α,β-unsaturated/α-hetero) is 2. The molecule has 4 N–H and O–H groups in total. The van der Waals surface area contributed by atoms with Crippen molar-refractivity contribution in [3.63, 3.8) is 0 Å². The quantitative estimate of drug-likeness (QED) is 0.256. The minimum atomic E-state index is -1.58. The Morgan fingerprint density at radius 2 is 1.70 bits per heavy atom. The number of hydrogen-bond donors (Lipinski definition) is 4. The van der Waals surface area contributed by atoms with Crippen LogP contribution in [0, 0.1) is 6.92 Å². The van der Waals surface area contributed by atoms with Gasteiger partial charge in [0.25, 0.3) is 0 Å². The molecule has 0 saturated carbocycles. The summed E-state index contributed by atoms with van der Waals surface area (Å²) in [5, 5.41) is 27.1. The predicted molar refractivity (Wildman–Crippen MR) is 134 cm³/mol. The van der Waals surface area contributed by atoms with Gasteiger partial charge in [-0.2, -0.15) is 0 Å². The summed E-state index contributed by atoms with van der Waals surface area (Å²) >= 11 is 0. The first-order valence-electron chi connectivity index (χ1n) is 11.8. The predicted octanol–water partition coefficient (Wildman–Crippen LogP) is 2.86. The molecule has 4 rings (SSSR count). The van der Waals surface area contributed by atoms with E-state index >= 15 is 0 Å². The molecular weight excluding hydrogens is 476 g/mol. The van der Waals surface area contributed by atoms with Crippen molar-refractivity contribution in [1.29, 1.82) is 0 Å². The van der Waals surface area contributed by atoms with Crippen LogP contribution in [-0.4, -0.2) is 40.0 Å². The van der Waals surface area contributed by atoms with Crippen molar-refractivity contribution in [1.82, 2.24) is 10.6 Å². The van der Waals surface area contributed by atoms with Crippen molar-refractivity contribution in [3.05, 3.63) is 75.7 Å². The van der Waals surface area contributed by atoms with E-state index in [2.05, 4.69) is 10.6 Å². The molecule has 2 aliphatic rings. The van der Waals surface area contributed by atoms with Crippen molar-refractivity contribution in [2.45, 2.75) is 46.1 Å². The Morgan fingerprint density at radius 1 is 1.03 bits per heavy atom. The summed E-state index contributed by atoms with van der Waals surface area (Å²) in [4.78, 5) is 51.2. The molecule has 0 aromatic heterocycles. The number of hydrogen-bond acceptors (Lipinski definition) is 8. The topological polar surface area (TPSA) is 142 Å². The van der Waals surface area contributed by atoms with Crippen LogP contribution in [0.15, 0.2) is 53.4 Å². The molecule has 0 fully saturated rings. The largest absolute Gasteiger partial charge is 0.507 e. The molecule has 1 aliphatic heterocycles. The van der Waals surface area contributed by atoms with Crippen molar-refractivity contribution < 1.29 is 34.1 Å². The lowest BCUT2D eigenvalue weighted by Crippen LogP contribution is -2.41. The number of ether oxygens (including phenoxy) is 1. The number of nitrogens with one attached hydrogen (secondary N) is 2. The second-order valence-electron chi connectivity index (χ2n) is 9.33. The Kier molecular flexibility index (Phi) is 6.64. The lowest BCUT2D eigenvalue weighted by Gasteiger charge is -2.29. The van der Waals surface area contributed by atoms with Crippen molar-refractivity contribution in [2.75, 3.05) is 6.54 Å². The molecular formula is C28H28N2O7. The summed E-state index contributed by atoms with van der Waals surface area (Å²) in [6.45, 7) is 6.30. The summed E-state index contributed by atoms with van der Waals surface area (Å²) in [5.74, 6) is -2.93. The molecule has 0 radical (unpaired) electrons. The van der Waals surface area contributed by atoms with Crippen LogP contribution in [0.1, 0.15) is 54.2 Å². The van der Waals surface area contributed by atoms with E-state index in [1.807, 2.05) is 30.3 Å². The summed E-state index contributed by atoms with van der Waals surface area (Å²) in [5.41, 5.74) is -0.580. The molecule has 192 valence electrons. The van der Waals surface area contributed by atoms with E-state index in [-0.39, 0.29) is 64.1 Å². The fourth-order valence-corrected chi connectivity index (χ4v) is 4.70. The van der Waals surface area contributed by atoms with Gasteiger partial charge in [0.2, 0.25) is 5.91 Å². The number of fused-ring (bicyclic) bond motifs is 3. The number of benzene rings is 2. The molecule has 9 nitrogen and oxygen atoms in total. The average molecular weight is 505 g/mol. The number of ketones is 3. The third-order valence-corrected chi connectivity index (χ3v) is 6.83. The Bertz CT molecular complexity index is 1410. The highest BCUT2D eigenvalue weighted by Crippen LogP contribution is 2.57. The number of phenols is 2. The molecule has 37 heavy (non-hydrogen) atoms. The third-order valence-electron chi connectivity index (χ3n) is 6.83. The molecule has 1 amide bonds. The van der Waals surface area contributed by atoms with Gasteiger partial charge in [0.1, 0.15) is 34.0 Å². The molecule has 0 saturated heterocycles. The number of allylic oxidation sites excluding steroid dienone is 4. The van der Waals surface area contributed by atoms with Gasteiger partial charge in [-0.1, -0.05) is 30.3 Å². The van der Waals surface area contributed by atoms with Crippen molar-refractivity contribution in [2.24, 2.45) is 0 Å². The molecule has 2 aromatic rings. The zero-order valence-corrected chi connectivity index (χ0v) is 21.0. The van der Waals surface area contributed by atoms with E-state index in [0.717, 1.165) is 11.6 Å². The van der Waals surface area contributed by atoms with Gasteiger partial charge in [-0.3, -0.25) is 19.2 Å². The highest BCUT2D eigenvalue weighted by atomic mass is 16.5. The Morgan fingerprint density at radius 3 is 2.35 bits per heavy atom. The Labute approximate surface area is 213 Å². The van der Waals surface area contributed by atoms with Crippen molar-refractivity contribution >= 4 is 23.3 Å². The van der Waals surface area contributed by atoms with Crippen molar-refractivity contribution in [3.8, 4) is 17.2 Å². The van der Waals surface area contributed by atoms with Gasteiger partial charge in [0, 0.05) is 36.8 Å². The van der Waals surface area contributed by atoms with Crippen LogP contribution in [0.5, 0.6) is 17.2 Å². The van der Waals surface area contributed by atoms with Crippen LogP contribution in [0.4, 0.5) is 0 Å². The van der Waals surface area contributed by atoms with E-state index in [1.165, 1.54) is 20.8 Å². The molecule has 0 spiro atoms. The monoisotopic (exact) mass is 504 g/mol. The summed E-state index contributed by atoms with van der Waals surface area (Å²) in [7, 11) is 0. The smallest absolute Gasteiger partial charge is 0.222 e. The SMILES string of the molecule is CC(=O)c1c(O)c(C)c(O)c2c1OC1=CC(=O)C(=C(C)NCCC(=O)NCc3ccccc3)C(=O)C12C. The molecule has 1 aliphatic carbocycles.